The number of benzene rings is 1. The fourth-order valence-corrected chi connectivity index (χ4v) is 2.25. The molecule has 0 aliphatic carbocycles. The van der Waals surface area contributed by atoms with E-state index in [2.05, 4.69) is 22.8 Å². The highest BCUT2D eigenvalue weighted by molar-refractivity contribution is 5.85. The molecule has 118 valence electrons. The van der Waals surface area contributed by atoms with Crippen molar-refractivity contribution in [3.8, 4) is 0 Å². The van der Waals surface area contributed by atoms with Gasteiger partial charge in [-0.2, -0.15) is 0 Å². The monoisotopic (exact) mass is 314 g/mol. The van der Waals surface area contributed by atoms with E-state index in [4.69, 9.17) is 9.47 Å². The van der Waals surface area contributed by atoms with Crippen LogP contribution in [0.15, 0.2) is 24.3 Å². The van der Waals surface area contributed by atoms with Crippen LogP contribution in [0.25, 0.3) is 0 Å². The molecule has 1 unspecified atom stereocenters. The van der Waals surface area contributed by atoms with Gasteiger partial charge in [0, 0.05) is 20.2 Å². The minimum atomic E-state index is -0.149. The van der Waals surface area contributed by atoms with Gasteiger partial charge in [-0.15, -0.1) is 12.4 Å². The molecule has 5 nitrogen and oxygen atoms in total. The van der Waals surface area contributed by atoms with E-state index in [1.54, 1.807) is 7.11 Å². The first-order valence-electron chi connectivity index (χ1n) is 6.96. The van der Waals surface area contributed by atoms with E-state index >= 15 is 0 Å². The van der Waals surface area contributed by atoms with Gasteiger partial charge in [-0.1, -0.05) is 24.3 Å². The third-order valence-electron chi connectivity index (χ3n) is 3.38. The average Bonchev–Trinajstić information content (AvgIpc) is 2.50. The number of hydrogen-bond acceptors (Lipinski definition) is 4. The minimum Gasteiger partial charge on any atom is -0.382 e. The van der Waals surface area contributed by atoms with Gasteiger partial charge in [0.1, 0.15) is 0 Å². The van der Waals surface area contributed by atoms with Gasteiger partial charge < -0.3 is 20.1 Å². The fraction of sp³-hybridized carbons (Fsp3) is 0.533. The lowest BCUT2D eigenvalue weighted by molar-refractivity contribution is -0.123. The molecule has 1 aromatic carbocycles. The molecule has 0 saturated carbocycles. The first kappa shape index (κ1) is 17.9. The van der Waals surface area contributed by atoms with Gasteiger partial charge in [-0.25, -0.2) is 0 Å². The maximum atomic E-state index is 12.0. The Morgan fingerprint density at radius 3 is 2.81 bits per heavy atom. The number of carbonyl (C=O) groups excluding carboxylic acids is 1. The smallest absolute Gasteiger partial charge is 0.237 e. The van der Waals surface area contributed by atoms with Crippen LogP contribution in [0.2, 0.25) is 0 Å². The van der Waals surface area contributed by atoms with Crippen molar-refractivity contribution in [3.05, 3.63) is 35.4 Å². The topological polar surface area (TPSA) is 59.6 Å². The highest BCUT2D eigenvalue weighted by Crippen LogP contribution is 2.16. The summed E-state index contributed by atoms with van der Waals surface area (Å²) >= 11 is 0. The van der Waals surface area contributed by atoms with Crippen molar-refractivity contribution in [1.82, 2.24) is 10.6 Å². The van der Waals surface area contributed by atoms with E-state index in [1.165, 1.54) is 11.1 Å². The Kier molecular flexibility index (Phi) is 8.30. The Bertz CT molecular complexity index is 443. The number of rotatable bonds is 7. The molecule has 0 radical (unpaired) electrons. The third-order valence-corrected chi connectivity index (χ3v) is 3.38. The number of fused-ring (bicyclic) bond motifs is 1. The maximum Gasteiger partial charge on any atom is 0.237 e. The second-order valence-corrected chi connectivity index (χ2v) is 4.80. The number of methoxy groups -OCH3 is 1. The van der Waals surface area contributed by atoms with Gasteiger partial charge >= 0.3 is 0 Å². The lowest BCUT2D eigenvalue weighted by Crippen LogP contribution is -2.48. The van der Waals surface area contributed by atoms with E-state index in [0.717, 1.165) is 13.0 Å². The van der Waals surface area contributed by atoms with E-state index < -0.39 is 0 Å². The van der Waals surface area contributed by atoms with Crippen molar-refractivity contribution in [2.75, 3.05) is 33.5 Å². The molecular formula is C15H23ClN2O3. The van der Waals surface area contributed by atoms with Gasteiger partial charge in [0.2, 0.25) is 5.91 Å². The Balaban J connectivity index is 0.00000220. The van der Waals surface area contributed by atoms with Gasteiger partial charge in [0.05, 0.1) is 25.9 Å². The Morgan fingerprint density at radius 1 is 1.29 bits per heavy atom. The van der Waals surface area contributed by atoms with Crippen LogP contribution >= 0.6 is 12.4 Å². The molecular weight excluding hydrogens is 292 g/mol. The van der Waals surface area contributed by atoms with Crippen LogP contribution in [0.1, 0.15) is 11.1 Å². The quantitative estimate of drug-likeness (QED) is 0.734. The van der Waals surface area contributed by atoms with Crippen molar-refractivity contribution < 1.29 is 14.3 Å². The average molecular weight is 315 g/mol. The molecule has 0 aromatic heterocycles. The molecule has 1 atom stereocenters. The van der Waals surface area contributed by atoms with Crippen molar-refractivity contribution in [2.24, 2.45) is 0 Å². The second kappa shape index (κ2) is 9.73. The molecule has 1 aliphatic rings. The number of amides is 1. The van der Waals surface area contributed by atoms with E-state index in [0.29, 0.717) is 26.4 Å². The Labute approximate surface area is 131 Å². The van der Waals surface area contributed by atoms with E-state index in [-0.39, 0.29) is 24.4 Å². The summed E-state index contributed by atoms with van der Waals surface area (Å²) in [5, 5.41) is 6.16. The van der Waals surface area contributed by atoms with Crippen molar-refractivity contribution in [2.45, 2.75) is 19.0 Å². The molecule has 2 rings (SSSR count). The normalized spacial score (nSPS) is 16.7. The number of nitrogens with one attached hydrogen (secondary N) is 2. The van der Waals surface area contributed by atoms with Gasteiger partial charge in [0.25, 0.3) is 0 Å². The summed E-state index contributed by atoms with van der Waals surface area (Å²) in [5.74, 6) is 0.0369. The lowest BCUT2D eigenvalue weighted by atomic mass is 9.95. The lowest BCUT2D eigenvalue weighted by Gasteiger charge is -2.25. The second-order valence-electron chi connectivity index (χ2n) is 4.80. The summed E-state index contributed by atoms with van der Waals surface area (Å²) in [7, 11) is 1.64. The van der Waals surface area contributed by atoms with Crippen LogP contribution < -0.4 is 10.6 Å². The van der Waals surface area contributed by atoms with Gasteiger partial charge in [0.15, 0.2) is 0 Å². The largest absolute Gasteiger partial charge is 0.382 e. The number of carbonyl (C=O) groups is 1. The maximum absolute atomic E-state index is 12.0. The van der Waals surface area contributed by atoms with Crippen LogP contribution in [0.3, 0.4) is 0 Å². The molecule has 0 bridgehead atoms. The molecule has 0 spiro atoms. The molecule has 1 heterocycles. The molecule has 21 heavy (non-hydrogen) atoms. The van der Waals surface area contributed by atoms with Crippen LogP contribution in [0, 0.1) is 0 Å². The van der Waals surface area contributed by atoms with Gasteiger partial charge in [-0.05, 0) is 17.5 Å². The Hall–Kier alpha value is -1.14. The summed E-state index contributed by atoms with van der Waals surface area (Å²) in [5.41, 5.74) is 2.53. The van der Waals surface area contributed by atoms with Crippen LogP contribution in [-0.4, -0.2) is 45.4 Å². The molecule has 0 saturated heterocycles. The summed E-state index contributed by atoms with van der Waals surface area (Å²) < 4.78 is 10.2. The number of hydrogen-bond donors (Lipinski definition) is 2. The molecule has 6 heteroatoms. The van der Waals surface area contributed by atoms with Gasteiger partial charge in [-0.3, -0.25) is 4.79 Å². The summed E-state index contributed by atoms with van der Waals surface area (Å²) in [6.07, 6.45) is 0.743. The highest BCUT2D eigenvalue weighted by Gasteiger charge is 2.23. The third kappa shape index (κ3) is 5.63. The zero-order chi connectivity index (χ0) is 14.2. The number of ether oxygens (including phenoxy) is 2. The number of halogens is 1. The summed E-state index contributed by atoms with van der Waals surface area (Å²) in [4.78, 5) is 12.0. The zero-order valence-electron chi connectivity index (χ0n) is 12.3. The van der Waals surface area contributed by atoms with Crippen molar-refractivity contribution >= 4 is 18.3 Å². The van der Waals surface area contributed by atoms with Crippen molar-refractivity contribution in [1.29, 1.82) is 0 Å². The van der Waals surface area contributed by atoms with Crippen LogP contribution in [-0.2, 0) is 27.2 Å². The predicted octanol–water partition coefficient (Wildman–Crippen LogP) is 0.902. The first-order chi connectivity index (χ1) is 9.81. The van der Waals surface area contributed by atoms with E-state index in [1.807, 2.05) is 12.1 Å². The van der Waals surface area contributed by atoms with E-state index in [9.17, 15) is 4.79 Å². The molecule has 0 fully saturated rings. The molecule has 1 amide bonds. The zero-order valence-corrected chi connectivity index (χ0v) is 13.1. The molecule has 1 aliphatic heterocycles. The van der Waals surface area contributed by atoms with Crippen molar-refractivity contribution in [3.63, 3.8) is 0 Å². The summed E-state index contributed by atoms with van der Waals surface area (Å²) in [6.45, 7) is 2.93. The molecule has 2 N–H and O–H groups in total. The fourth-order valence-electron chi connectivity index (χ4n) is 2.25. The van der Waals surface area contributed by atoms with Crippen LogP contribution in [0.5, 0.6) is 0 Å². The highest BCUT2D eigenvalue weighted by atomic mass is 35.5. The predicted molar refractivity (Wildman–Crippen MR) is 83.7 cm³/mol. The standard InChI is InChI=1S/C15H22N2O3.ClH/c1-19-8-9-20-7-6-16-15(18)14-10-12-4-2-3-5-13(12)11-17-14;/h2-5,14,17H,6-11H2,1H3,(H,16,18);1H. The SMILES string of the molecule is COCCOCCNC(=O)C1Cc2ccccc2CN1.Cl. The minimum absolute atomic E-state index is 0. The Morgan fingerprint density at radius 2 is 2.05 bits per heavy atom. The van der Waals surface area contributed by atoms with Crippen LogP contribution in [0.4, 0.5) is 0 Å². The molecule has 1 aromatic rings. The summed E-state index contributed by atoms with van der Waals surface area (Å²) in [6, 6.07) is 8.08. The first-order valence-corrected chi connectivity index (χ1v) is 6.96.